The van der Waals surface area contributed by atoms with E-state index in [4.69, 9.17) is 14.4 Å². The lowest BCUT2D eigenvalue weighted by atomic mass is 10.6. The van der Waals surface area contributed by atoms with Crippen LogP contribution < -0.4 is 0 Å². The Bertz CT molecular complexity index is 154. The Morgan fingerprint density at radius 3 is 0.478 bits per heavy atom. The molecule has 0 saturated heterocycles. The number of hydrogen-bond acceptors (Lipinski definition) is 5. The fourth-order valence-electron chi connectivity index (χ4n) is 0. The van der Waals surface area contributed by atoms with Gasteiger partial charge >= 0.3 is 0 Å². The molecule has 0 atom stereocenters. The van der Waals surface area contributed by atoms with Crippen LogP contribution in [0.15, 0.2) is 0 Å². The monoisotopic (exact) mass is 338 g/mol. The molecule has 0 aromatic heterocycles. The van der Waals surface area contributed by atoms with Gasteiger partial charge < -0.3 is 24.0 Å². The Morgan fingerprint density at radius 2 is 0.478 bits per heavy atom. The van der Waals surface area contributed by atoms with Crippen molar-refractivity contribution in [2.24, 2.45) is 0 Å². The number of hydrogen-bond donors (Lipinski definition) is 0. The van der Waals surface area contributed by atoms with Gasteiger partial charge in [0, 0.05) is 0 Å². The van der Waals surface area contributed by atoms with Gasteiger partial charge in [-0.1, -0.05) is 41.5 Å². The van der Waals surface area contributed by atoms with Crippen molar-refractivity contribution in [2.75, 3.05) is 0 Å². The summed E-state index contributed by atoms with van der Waals surface area (Å²) < 4.78 is 0. The summed E-state index contributed by atoms with van der Waals surface area (Å²) in [5.74, 6) is 0.333. The molecule has 5 heteroatoms. The molecule has 0 fully saturated rings. The molecular weight excluding hydrogens is 296 g/mol. The SMILES string of the molecule is CC.CC.CC.CC(C)=O.CC(C)=O.CC=O.CC=O.CC=O. The van der Waals surface area contributed by atoms with E-state index in [1.54, 1.807) is 0 Å². The molecule has 0 aliphatic rings. The number of aldehydes is 3. The summed E-state index contributed by atoms with van der Waals surface area (Å²) in [4.78, 5) is 45.3. The van der Waals surface area contributed by atoms with Gasteiger partial charge in [-0.2, -0.15) is 0 Å². The smallest absolute Gasteiger partial charge is 0.126 e. The van der Waals surface area contributed by atoms with Crippen molar-refractivity contribution >= 4 is 30.4 Å². The highest BCUT2D eigenvalue weighted by molar-refractivity contribution is 5.72. The van der Waals surface area contributed by atoms with Crippen molar-refractivity contribution in [1.29, 1.82) is 0 Å². The van der Waals surface area contributed by atoms with Crippen LogP contribution in [0.3, 0.4) is 0 Å². The number of rotatable bonds is 0. The molecule has 0 aliphatic carbocycles. The Morgan fingerprint density at radius 1 is 0.478 bits per heavy atom. The minimum Gasteiger partial charge on any atom is -0.304 e. The number of Topliss-reactive ketones (excluding diaryl/α,β-unsaturated/α-hetero) is 2. The summed E-state index contributed by atoms with van der Waals surface area (Å²) >= 11 is 0. The molecule has 0 heterocycles. The third-order valence-electron chi connectivity index (χ3n) is 0. The van der Waals surface area contributed by atoms with Crippen molar-refractivity contribution in [3.05, 3.63) is 0 Å². The highest BCUT2D eigenvalue weighted by atomic mass is 16.1. The highest BCUT2D eigenvalue weighted by Crippen LogP contribution is 1.50. The first kappa shape index (κ1) is 49.6. The van der Waals surface area contributed by atoms with Crippen LogP contribution in [0.5, 0.6) is 0 Å². The van der Waals surface area contributed by atoms with Crippen molar-refractivity contribution in [1.82, 2.24) is 0 Å². The van der Waals surface area contributed by atoms with E-state index in [-0.39, 0.29) is 11.6 Å². The lowest BCUT2D eigenvalue weighted by Gasteiger charge is -1.56. The second kappa shape index (κ2) is 141. The summed E-state index contributed by atoms with van der Waals surface area (Å²) in [5, 5.41) is 0. The van der Waals surface area contributed by atoms with E-state index in [0.717, 1.165) is 18.9 Å². The first-order valence-corrected chi connectivity index (χ1v) is 7.85. The molecule has 0 unspecified atom stereocenters. The van der Waals surface area contributed by atoms with Crippen molar-refractivity contribution in [3.8, 4) is 0 Å². The Hall–Kier alpha value is -1.65. The zero-order valence-corrected chi connectivity index (χ0v) is 17.8. The third kappa shape index (κ3) is 2520. The first-order chi connectivity index (χ1) is 10.7. The molecule has 0 aromatic rings. The van der Waals surface area contributed by atoms with Crippen LogP contribution in [0, 0.1) is 0 Å². The van der Waals surface area contributed by atoms with Gasteiger partial charge in [0.2, 0.25) is 0 Å². The molecule has 0 radical (unpaired) electrons. The predicted molar refractivity (Wildman–Crippen MR) is 102 cm³/mol. The lowest BCUT2D eigenvalue weighted by Crippen LogP contribution is -1.69. The second-order valence-corrected chi connectivity index (χ2v) is 2.52. The molecule has 0 aromatic carbocycles. The van der Waals surface area contributed by atoms with Crippen LogP contribution in [0.25, 0.3) is 0 Å². The predicted octanol–water partition coefficient (Wildman–Crippen LogP) is 4.88. The van der Waals surface area contributed by atoms with Crippen molar-refractivity contribution in [3.63, 3.8) is 0 Å². The third-order valence-corrected chi connectivity index (χ3v) is 0. The van der Waals surface area contributed by atoms with Gasteiger partial charge in [0.05, 0.1) is 0 Å². The number of ketones is 2. The Balaban J connectivity index is -0.0000000190. The summed E-state index contributed by atoms with van der Waals surface area (Å²) in [7, 11) is 0. The zero-order chi connectivity index (χ0) is 21.3. The number of carbonyl (C=O) groups excluding carboxylic acids is 5. The van der Waals surface area contributed by atoms with Crippen LogP contribution in [0.1, 0.15) is 90.0 Å². The molecule has 144 valence electrons. The molecule has 5 nitrogen and oxygen atoms in total. The molecule has 0 saturated carbocycles. The van der Waals surface area contributed by atoms with Gasteiger partial charge in [0.15, 0.2) is 0 Å². The van der Waals surface area contributed by atoms with E-state index in [1.165, 1.54) is 48.5 Å². The maximum Gasteiger partial charge on any atom is 0.126 e. The molecular formula is C18H42O5. The average Bonchev–Trinajstić information content (AvgIpc) is 2.46. The van der Waals surface area contributed by atoms with Crippen LogP contribution in [-0.4, -0.2) is 30.4 Å². The van der Waals surface area contributed by atoms with E-state index < -0.39 is 0 Å². The van der Waals surface area contributed by atoms with E-state index >= 15 is 0 Å². The van der Waals surface area contributed by atoms with Crippen LogP contribution in [0.4, 0.5) is 0 Å². The molecule has 0 rings (SSSR count). The number of carbonyl (C=O) groups is 5. The molecule has 0 amide bonds. The maximum atomic E-state index is 9.44. The normalized spacial score (nSPS) is 4.74. The fourth-order valence-corrected chi connectivity index (χ4v) is 0. The highest BCUT2D eigenvalue weighted by Gasteiger charge is 1.62. The van der Waals surface area contributed by atoms with Crippen LogP contribution >= 0.6 is 0 Å². The summed E-state index contributed by atoms with van der Waals surface area (Å²) in [5.41, 5.74) is 0. The van der Waals surface area contributed by atoms with Crippen molar-refractivity contribution < 1.29 is 24.0 Å². The standard InChI is InChI=1S/2C3H6O.3C2H4O.3C2H6/c2*1-3(2)4;3*1-2-3;3*1-2/h2*1-2H3;3*2H,1H3;3*1-2H3. The van der Waals surface area contributed by atoms with Gasteiger partial charge in [0.25, 0.3) is 0 Å². The lowest BCUT2D eigenvalue weighted by molar-refractivity contribution is -0.115. The summed E-state index contributed by atoms with van der Waals surface area (Å²) in [6.45, 7) is 22.4. The minimum atomic E-state index is 0.167. The van der Waals surface area contributed by atoms with E-state index in [9.17, 15) is 9.59 Å². The first-order valence-electron chi connectivity index (χ1n) is 7.85. The molecule has 0 spiro atoms. The minimum absolute atomic E-state index is 0.167. The summed E-state index contributed by atoms with van der Waals surface area (Å²) in [6, 6.07) is 0. The summed E-state index contributed by atoms with van der Waals surface area (Å²) in [6.07, 6.45) is 2.25. The second-order valence-electron chi connectivity index (χ2n) is 2.52. The van der Waals surface area contributed by atoms with Gasteiger partial charge in [-0.15, -0.1) is 0 Å². The van der Waals surface area contributed by atoms with Gasteiger partial charge in [0.1, 0.15) is 30.4 Å². The van der Waals surface area contributed by atoms with Gasteiger partial charge in [-0.05, 0) is 48.5 Å². The fraction of sp³-hybridized carbons (Fsp3) is 0.722. The molecule has 0 bridgehead atoms. The maximum absolute atomic E-state index is 9.44. The zero-order valence-electron chi connectivity index (χ0n) is 17.8. The molecule has 23 heavy (non-hydrogen) atoms. The topological polar surface area (TPSA) is 85.3 Å². The van der Waals surface area contributed by atoms with E-state index in [1.807, 2.05) is 41.5 Å². The van der Waals surface area contributed by atoms with Crippen LogP contribution in [0.2, 0.25) is 0 Å². The Labute approximate surface area is 145 Å². The molecule has 0 aliphatic heterocycles. The van der Waals surface area contributed by atoms with E-state index in [2.05, 4.69) is 0 Å². The molecule has 0 N–H and O–H groups in total. The van der Waals surface area contributed by atoms with Gasteiger partial charge in [-0.25, -0.2) is 0 Å². The largest absolute Gasteiger partial charge is 0.304 e. The van der Waals surface area contributed by atoms with E-state index in [0.29, 0.717) is 0 Å². The van der Waals surface area contributed by atoms with Gasteiger partial charge in [-0.3, -0.25) is 0 Å². The quantitative estimate of drug-likeness (QED) is 0.587. The average molecular weight is 339 g/mol. The van der Waals surface area contributed by atoms with Crippen LogP contribution in [-0.2, 0) is 24.0 Å². The van der Waals surface area contributed by atoms with Crippen molar-refractivity contribution in [2.45, 2.75) is 90.0 Å². The Kier molecular flexibility index (Phi) is 304.